The van der Waals surface area contributed by atoms with Gasteiger partial charge in [-0.1, -0.05) is 11.2 Å². The summed E-state index contributed by atoms with van der Waals surface area (Å²) in [5.74, 6) is -0.0807. The highest BCUT2D eigenvalue weighted by molar-refractivity contribution is 6.00. The second kappa shape index (κ2) is 3.61. The van der Waals surface area contributed by atoms with E-state index in [0.29, 0.717) is 21.6 Å². The summed E-state index contributed by atoms with van der Waals surface area (Å²) in [4.78, 5) is 4.30. The van der Waals surface area contributed by atoms with Crippen LogP contribution in [0.25, 0.3) is 11.0 Å². The van der Waals surface area contributed by atoms with Gasteiger partial charge in [0.1, 0.15) is 5.52 Å². The van der Waals surface area contributed by atoms with Crippen molar-refractivity contribution in [3.8, 4) is 0 Å². The van der Waals surface area contributed by atoms with Crippen molar-refractivity contribution in [3.63, 3.8) is 0 Å². The van der Waals surface area contributed by atoms with Gasteiger partial charge in [0.25, 0.3) is 11.5 Å². The van der Waals surface area contributed by atoms with Crippen LogP contribution in [0.1, 0.15) is 12.5 Å². The van der Waals surface area contributed by atoms with Crippen LogP contribution in [-0.4, -0.2) is 21.0 Å². The molecule has 82 valence electrons. The van der Waals surface area contributed by atoms with Crippen LogP contribution >= 0.6 is 0 Å². The Morgan fingerprint density at radius 1 is 1.56 bits per heavy atom. The van der Waals surface area contributed by atoms with Crippen molar-refractivity contribution in [2.75, 3.05) is 5.73 Å². The third-order valence-electron chi connectivity index (χ3n) is 2.18. The lowest BCUT2D eigenvalue weighted by molar-refractivity contribution is -0.641. The van der Waals surface area contributed by atoms with Gasteiger partial charge in [0.2, 0.25) is 0 Å². The number of nitrogens with two attached hydrogens (primary N) is 1. The molecular formula is C9H9N5O2. The number of anilines is 1. The number of fused-ring (bicyclic) bond motifs is 1. The van der Waals surface area contributed by atoms with Crippen molar-refractivity contribution in [1.82, 2.24) is 10.1 Å². The summed E-state index contributed by atoms with van der Waals surface area (Å²) in [6.07, 6.45) is 0. The van der Waals surface area contributed by atoms with Gasteiger partial charge in [-0.2, -0.15) is 0 Å². The first-order chi connectivity index (χ1) is 7.61. The topological polar surface area (TPSA) is 111 Å². The van der Waals surface area contributed by atoms with E-state index in [-0.39, 0.29) is 11.5 Å². The predicted molar refractivity (Wildman–Crippen MR) is 56.9 cm³/mol. The number of rotatable bonds is 1. The van der Waals surface area contributed by atoms with E-state index < -0.39 is 0 Å². The van der Waals surface area contributed by atoms with Gasteiger partial charge in [-0.3, -0.25) is 0 Å². The SMILES string of the molecule is C/C(=N/O)c1ccc2nc(N)n[n+]([O-])c2c1. The summed E-state index contributed by atoms with van der Waals surface area (Å²) in [5.41, 5.74) is 7.08. The van der Waals surface area contributed by atoms with Gasteiger partial charge in [0.05, 0.1) is 10.8 Å². The highest BCUT2D eigenvalue weighted by atomic mass is 16.5. The molecule has 7 heteroatoms. The van der Waals surface area contributed by atoms with E-state index >= 15 is 0 Å². The Labute approximate surface area is 90.4 Å². The van der Waals surface area contributed by atoms with E-state index in [9.17, 15) is 5.21 Å². The van der Waals surface area contributed by atoms with Crippen molar-refractivity contribution in [1.29, 1.82) is 0 Å². The van der Waals surface area contributed by atoms with Crippen LogP contribution in [0, 0.1) is 5.21 Å². The molecule has 2 aromatic rings. The molecule has 0 radical (unpaired) electrons. The van der Waals surface area contributed by atoms with Crippen LogP contribution in [-0.2, 0) is 0 Å². The normalized spacial score (nSPS) is 11.9. The van der Waals surface area contributed by atoms with Crippen LogP contribution in [0.2, 0.25) is 0 Å². The Kier molecular flexibility index (Phi) is 2.28. The lowest BCUT2D eigenvalue weighted by atomic mass is 10.1. The molecule has 1 aromatic heterocycles. The molecule has 0 bridgehead atoms. The second-order valence-electron chi connectivity index (χ2n) is 3.23. The van der Waals surface area contributed by atoms with E-state index in [1.807, 2.05) is 0 Å². The van der Waals surface area contributed by atoms with Crippen molar-refractivity contribution in [2.24, 2.45) is 5.16 Å². The van der Waals surface area contributed by atoms with Crippen molar-refractivity contribution < 1.29 is 10.1 Å². The molecule has 0 saturated carbocycles. The van der Waals surface area contributed by atoms with Crippen molar-refractivity contribution in [3.05, 3.63) is 29.0 Å². The minimum atomic E-state index is -0.0807. The standard InChI is InChI=1S/C9H9N5O2/c1-5(13-15)6-2-3-7-8(4-6)14(16)12-9(10)11-7/h2-4,15H,1H3,(H2,10,11,12)/b13-5-. The molecule has 2 rings (SSSR count). The molecule has 0 fully saturated rings. The predicted octanol–water partition coefficient (Wildman–Crippen LogP) is 0.0436. The zero-order chi connectivity index (χ0) is 11.7. The third kappa shape index (κ3) is 1.58. The zero-order valence-electron chi connectivity index (χ0n) is 8.45. The molecule has 1 aromatic carbocycles. The average molecular weight is 219 g/mol. The van der Waals surface area contributed by atoms with E-state index in [1.165, 1.54) is 6.07 Å². The molecular weight excluding hydrogens is 210 g/mol. The summed E-state index contributed by atoms with van der Waals surface area (Å²) in [7, 11) is 0. The van der Waals surface area contributed by atoms with Gasteiger partial charge < -0.3 is 16.1 Å². The Morgan fingerprint density at radius 3 is 3.00 bits per heavy atom. The fourth-order valence-corrected chi connectivity index (χ4v) is 1.35. The highest BCUT2D eigenvalue weighted by Crippen LogP contribution is 2.11. The fraction of sp³-hybridized carbons (Fsp3) is 0.111. The van der Waals surface area contributed by atoms with Gasteiger partial charge in [-0.25, -0.2) is 4.98 Å². The molecule has 3 N–H and O–H groups in total. The molecule has 16 heavy (non-hydrogen) atoms. The first-order valence-corrected chi connectivity index (χ1v) is 4.48. The van der Waals surface area contributed by atoms with Crippen LogP contribution < -0.4 is 10.6 Å². The number of nitrogen functional groups attached to an aromatic ring is 1. The Morgan fingerprint density at radius 2 is 2.31 bits per heavy atom. The molecule has 0 aliphatic carbocycles. The number of hydrogen-bond acceptors (Lipinski definition) is 6. The fourth-order valence-electron chi connectivity index (χ4n) is 1.35. The lowest BCUT2D eigenvalue weighted by Gasteiger charge is -2.01. The summed E-state index contributed by atoms with van der Waals surface area (Å²) in [6, 6.07) is 4.84. The molecule has 7 nitrogen and oxygen atoms in total. The molecule has 0 aliphatic heterocycles. The summed E-state index contributed by atoms with van der Waals surface area (Å²) in [5, 5.41) is 26.6. The van der Waals surface area contributed by atoms with Gasteiger partial charge in [0, 0.05) is 11.6 Å². The number of nitrogens with zero attached hydrogens (tertiary/aromatic N) is 4. The van der Waals surface area contributed by atoms with E-state index in [0.717, 1.165) is 0 Å². The first kappa shape index (κ1) is 10.1. The maximum absolute atomic E-state index is 11.4. The van der Waals surface area contributed by atoms with E-state index in [2.05, 4.69) is 15.2 Å². The van der Waals surface area contributed by atoms with Gasteiger partial charge >= 0.3 is 0 Å². The Balaban J connectivity index is 2.71. The van der Waals surface area contributed by atoms with Crippen LogP contribution in [0.15, 0.2) is 23.4 Å². The third-order valence-corrected chi connectivity index (χ3v) is 2.18. The lowest BCUT2D eigenvalue weighted by Crippen LogP contribution is -2.33. The van der Waals surface area contributed by atoms with E-state index in [1.54, 1.807) is 19.1 Å². The minimum Gasteiger partial charge on any atom is -0.594 e. The van der Waals surface area contributed by atoms with Crippen molar-refractivity contribution in [2.45, 2.75) is 6.92 Å². The summed E-state index contributed by atoms with van der Waals surface area (Å²) in [6.45, 7) is 1.62. The maximum Gasteiger partial charge on any atom is 0.288 e. The van der Waals surface area contributed by atoms with Crippen LogP contribution in [0.4, 0.5) is 5.95 Å². The number of oxime groups is 1. The van der Waals surface area contributed by atoms with Gasteiger partial charge in [-0.05, 0) is 17.8 Å². The largest absolute Gasteiger partial charge is 0.594 e. The average Bonchev–Trinajstić information content (AvgIpc) is 2.27. The number of benzene rings is 1. The number of aromatic nitrogens is 3. The zero-order valence-corrected chi connectivity index (χ0v) is 8.45. The van der Waals surface area contributed by atoms with Gasteiger partial charge in [-0.15, -0.1) is 0 Å². The maximum atomic E-state index is 11.4. The molecule has 0 atom stereocenters. The number of hydrogen-bond donors (Lipinski definition) is 2. The van der Waals surface area contributed by atoms with E-state index in [4.69, 9.17) is 10.9 Å². The smallest absolute Gasteiger partial charge is 0.288 e. The second-order valence-corrected chi connectivity index (χ2v) is 3.23. The summed E-state index contributed by atoms with van der Waals surface area (Å²) < 4.78 is 0. The molecule has 0 spiro atoms. The molecule has 0 aliphatic rings. The van der Waals surface area contributed by atoms with Crippen LogP contribution in [0.3, 0.4) is 0 Å². The monoisotopic (exact) mass is 219 g/mol. The summed E-state index contributed by atoms with van der Waals surface area (Å²) >= 11 is 0. The Bertz CT molecular complexity index is 581. The van der Waals surface area contributed by atoms with Gasteiger partial charge in [0.15, 0.2) is 0 Å². The molecule has 0 unspecified atom stereocenters. The quantitative estimate of drug-likeness (QED) is 0.231. The van der Waals surface area contributed by atoms with Crippen molar-refractivity contribution >= 4 is 22.7 Å². The Hall–Kier alpha value is -2.44. The molecule has 0 saturated heterocycles. The molecule has 1 heterocycles. The van der Waals surface area contributed by atoms with Crippen LogP contribution in [0.5, 0.6) is 0 Å². The minimum absolute atomic E-state index is 0.0807. The molecule has 0 amide bonds. The first-order valence-electron chi connectivity index (χ1n) is 4.48. The highest BCUT2D eigenvalue weighted by Gasteiger charge is 2.10.